The Hall–Kier alpha value is -2.60. The number of hydrogen-bond acceptors (Lipinski definition) is 4. The average molecular weight is 346 g/mol. The van der Waals surface area contributed by atoms with Crippen LogP contribution in [0.2, 0.25) is 5.02 Å². The predicted octanol–water partition coefficient (Wildman–Crippen LogP) is 3.29. The minimum Gasteiger partial charge on any atom is -0.443 e. The van der Waals surface area contributed by atoms with Crippen molar-refractivity contribution in [1.82, 2.24) is 9.55 Å². The van der Waals surface area contributed by atoms with Gasteiger partial charge in [-0.3, -0.25) is 14.2 Å². The smallest absolute Gasteiger partial charge is 0.264 e. The molecule has 0 aliphatic heterocycles. The van der Waals surface area contributed by atoms with Gasteiger partial charge in [0.15, 0.2) is 0 Å². The highest BCUT2D eigenvalue weighted by atomic mass is 35.5. The van der Waals surface area contributed by atoms with E-state index in [4.69, 9.17) is 16.0 Å². The van der Waals surface area contributed by atoms with Crippen LogP contribution in [0.25, 0.3) is 11.1 Å². The first kappa shape index (κ1) is 16.3. The van der Waals surface area contributed by atoms with E-state index in [0.29, 0.717) is 27.6 Å². The molecule has 6 nitrogen and oxygen atoms in total. The molecule has 0 fully saturated rings. The minimum atomic E-state index is -0.227. The number of furan rings is 1. The van der Waals surface area contributed by atoms with Crippen LogP contribution in [-0.4, -0.2) is 15.5 Å². The topological polar surface area (TPSA) is 77.1 Å². The fourth-order valence-corrected chi connectivity index (χ4v) is 2.61. The molecule has 0 bridgehead atoms. The Labute approximate surface area is 143 Å². The summed E-state index contributed by atoms with van der Waals surface area (Å²) in [5.41, 5.74) is 1.44. The first-order valence-corrected chi connectivity index (χ1v) is 7.84. The van der Waals surface area contributed by atoms with Crippen molar-refractivity contribution in [3.05, 3.63) is 57.3 Å². The van der Waals surface area contributed by atoms with Gasteiger partial charge in [0, 0.05) is 18.5 Å². The number of fused-ring (bicyclic) bond motifs is 1. The molecule has 1 amide bonds. The maximum atomic E-state index is 12.5. The van der Waals surface area contributed by atoms with Crippen LogP contribution in [0.1, 0.15) is 17.7 Å². The second kappa shape index (κ2) is 6.49. The van der Waals surface area contributed by atoms with Crippen molar-refractivity contribution in [3.63, 3.8) is 0 Å². The molecule has 0 unspecified atom stereocenters. The number of aromatic nitrogens is 2. The molecule has 1 aromatic carbocycles. The van der Waals surface area contributed by atoms with Gasteiger partial charge in [-0.2, -0.15) is 0 Å². The van der Waals surface area contributed by atoms with E-state index in [1.54, 1.807) is 31.2 Å². The standard InChI is InChI=1S/C17H16ClN3O3/c1-10-11(2)24-16-15(10)17(23)21(9-19-16)8-7-14(22)20-13-6-4-3-5-12(13)18/h3-6,9H,7-8H2,1-2H3,(H,20,22). The van der Waals surface area contributed by atoms with Crippen molar-refractivity contribution in [2.24, 2.45) is 0 Å². The van der Waals surface area contributed by atoms with E-state index in [1.807, 2.05) is 6.92 Å². The molecule has 124 valence electrons. The number of carbonyl (C=O) groups is 1. The molecule has 0 radical (unpaired) electrons. The normalized spacial score (nSPS) is 11.0. The fourth-order valence-electron chi connectivity index (χ4n) is 2.43. The van der Waals surface area contributed by atoms with Crippen LogP contribution in [0.5, 0.6) is 0 Å². The predicted molar refractivity (Wildman–Crippen MR) is 92.4 cm³/mol. The number of rotatable bonds is 4. The zero-order chi connectivity index (χ0) is 17.3. The monoisotopic (exact) mass is 345 g/mol. The Morgan fingerprint density at radius 3 is 2.83 bits per heavy atom. The van der Waals surface area contributed by atoms with Crippen molar-refractivity contribution in [3.8, 4) is 0 Å². The molecule has 0 saturated heterocycles. The van der Waals surface area contributed by atoms with E-state index in [9.17, 15) is 9.59 Å². The maximum absolute atomic E-state index is 12.5. The van der Waals surface area contributed by atoms with Crippen LogP contribution >= 0.6 is 11.6 Å². The zero-order valence-corrected chi connectivity index (χ0v) is 14.1. The Bertz CT molecular complexity index is 975. The molecule has 0 aliphatic rings. The Morgan fingerprint density at radius 2 is 2.08 bits per heavy atom. The first-order chi connectivity index (χ1) is 11.5. The highest BCUT2D eigenvalue weighted by Crippen LogP contribution is 2.21. The Morgan fingerprint density at radius 1 is 1.33 bits per heavy atom. The lowest BCUT2D eigenvalue weighted by Crippen LogP contribution is -2.23. The van der Waals surface area contributed by atoms with Gasteiger partial charge in [0.05, 0.1) is 10.7 Å². The molecule has 24 heavy (non-hydrogen) atoms. The van der Waals surface area contributed by atoms with Crippen molar-refractivity contribution in [1.29, 1.82) is 0 Å². The molecule has 7 heteroatoms. The summed E-state index contributed by atoms with van der Waals surface area (Å²) in [6.07, 6.45) is 1.53. The van der Waals surface area contributed by atoms with E-state index >= 15 is 0 Å². The van der Waals surface area contributed by atoms with Gasteiger partial charge in [-0.05, 0) is 26.0 Å². The van der Waals surface area contributed by atoms with Gasteiger partial charge in [0.25, 0.3) is 5.56 Å². The Balaban J connectivity index is 1.75. The van der Waals surface area contributed by atoms with E-state index in [2.05, 4.69) is 10.3 Å². The van der Waals surface area contributed by atoms with E-state index in [1.165, 1.54) is 10.9 Å². The van der Waals surface area contributed by atoms with Crippen molar-refractivity contribution in [2.45, 2.75) is 26.8 Å². The number of nitrogens with one attached hydrogen (secondary N) is 1. The van der Waals surface area contributed by atoms with Gasteiger partial charge < -0.3 is 9.73 Å². The van der Waals surface area contributed by atoms with Gasteiger partial charge in [-0.15, -0.1) is 0 Å². The number of hydrogen-bond donors (Lipinski definition) is 1. The molecule has 1 N–H and O–H groups in total. The molecule has 0 saturated carbocycles. The molecule has 0 aliphatic carbocycles. The lowest BCUT2D eigenvalue weighted by Gasteiger charge is -2.08. The summed E-state index contributed by atoms with van der Waals surface area (Å²) in [7, 11) is 0. The maximum Gasteiger partial charge on any atom is 0.264 e. The summed E-state index contributed by atoms with van der Waals surface area (Å²) < 4.78 is 6.85. The highest BCUT2D eigenvalue weighted by Gasteiger charge is 2.14. The van der Waals surface area contributed by atoms with E-state index in [-0.39, 0.29) is 24.4 Å². The molecule has 0 atom stereocenters. The number of amides is 1. The summed E-state index contributed by atoms with van der Waals surface area (Å²) >= 11 is 6.01. The first-order valence-electron chi connectivity index (χ1n) is 7.47. The summed E-state index contributed by atoms with van der Waals surface area (Å²) in [6, 6.07) is 6.99. The van der Waals surface area contributed by atoms with Gasteiger partial charge in [0.1, 0.15) is 17.5 Å². The fraction of sp³-hybridized carbons (Fsp3) is 0.235. The number of aryl methyl sites for hydroxylation is 3. The SMILES string of the molecule is Cc1oc2ncn(CCC(=O)Nc3ccccc3Cl)c(=O)c2c1C. The van der Waals surface area contributed by atoms with Crippen LogP contribution in [0.4, 0.5) is 5.69 Å². The number of benzene rings is 1. The lowest BCUT2D eigenvalue weighted by molar-refractivity contribution is -0.116. The number of nitrogens with zero attached hydrogens (tertiary/aromatic N) is 2. The second-order valence-electron chi connectivity index (χ2n) is 5.48. The average Bonchev–Trinajstić information content (AvgIpc) is 2.84. The molecule has 0 spiro atoms. The second-order valence-corrected chi connectivity index (χ2v) is 5.89. The third-order valence-corrected chi connectivity index (χ3v) is 4.21. The molecule has 3 rings (SSSR count). The van der Waals surface area contributed by atoms with Gasteiger partial charge in [-0.25, -0.2) is 4.98 Å². The number of carbonyl (C=O) groups excluding carboxylic acids is 1. The molecule has 3 aromatic rings. The summed E-state index contributed by atoms with van der Waals surface area (Å²) in [6.45, 7) is 3.83. The van der Waals surface area contributed by atoms with Crippen LogP contribution in [0, 0.1) is 13.8 Å². The zero-order valence-electron chi connectivity index (χ0n) is 13.3. The minimum absolute atomic E-state index is 0.133. The number of para-hydroxylation sites is 1. The summed E-state index contributed by atoms with van der Waals surface area (Å²) in [4.78, 5) is 28.7. The molecular formula is C17H16ClN3O3. The Kier molecular flexibility index (Phi) is 4.40. The van der Waals surface area contributed by atoms with E-state index in [0.717, 1.165) is 5.56 Å². The quantitative estimate of drug-likeness (QED) is 0.787. The third-order valence-electron chi connectivity index (χ3n) is 3.88. The van der Waals surface area contributed by atoms with Crippen molar-refractivity contribution in [2.75, 3.05) is 5.32 Å². The van der Waals surface area contributed by atoms with Crippen molar-refractivity contribution < 1.29 is 9.21 Å². The largest absolute Gasteiger partial charge is 0.443 e. The number of anilines is 1. The van der Waals surface area contributed by atoms with Crippen LogP contribution in [0.15, 0.2) is 39.8 Å². The van der Waals surface area contributed by atoms with Gasteiger partial charge >= 0.3 is 0 Å². The van der Waals surface area contributed by atoms with Gasteiger partial charge in [-0.1, -0.05) is 23.7 Å². The van der Waals surface area contributed by atoms with Crippen molar-refractivity contribution >= 4 is 34.3 Å². The third kappa shape index (κ3) is 3.05. The van der Waals surface area contributed by atoms with Crippen LogP contribution in [0.3, 0.4) is 0 Å². The highest BCUT2D eigenvalue weighted by molar-refractivity contribution is 6.33. The molecule has 2 aromatic heterocycles. The van der Waals surface area contributed by atoms with E-state index < -0.39 is 0 Å². The van der Waals surface area contributed by atoms with Crippen LogP contribution < -0.4 is 10.9 Å². The summed E-state index contributed by atoms with van der Waals surface area (Å²) in [5.74, 6) is 0.444. The van der Waals surface area contributed by atoms with Crippen LogP contribution in [-0.2, 0) is 11.3 Å². The summed E-state index contributed by atoms with van der Waals surface area (Å²) in [5, 5.41) is 3.66. The molecule has 2 heterocycles. The molecular weight excluding hydrogens is 330 g/mol. The number of halogens is 1. The van der Waals surface area contributed by atoms with Gasteiger partial charge in [0.2, 0.25) is 11.6 Å². The lowest BCUT2D eigenvalue weighted by atomic mass is 10.2.